The number of nitro benzene ring substituents is 1. The van der Waals surface area contributed by atoms with E-state index in [0.717, 1.165) is 28.4 Å². The molecule has 1 heterocycles. The Morgan fingerprint density at radius 3 is 2.57 bits per heavy atom. The first-order valence-electron chi connectivity index (χ1n) is 11.7. The second-order valence-corrected chi connectivity index (χ2v) is 10.4. The molecule has 0 atom stereocenters. The van der Waals surface area contributed by atoms with Gasteiger partial charge in [-0.2, -0.15) is 9.78 Å². The topological polar surface area (TPSA) is 99.6 Å². The number of aryl methyl sites for hydroxylation is 2. The van der Waals surface area contributed by atoms with Gasteiger partial charge < -0.3 is 4.74 Å². The molecule has 3 aromatic carbocycles. The van der Waals surface area contributed by atoms with E-state index < -0.39 is 4.92 Å². The third kappa shape index (κ3) is 6.31. The molecule has 0 amide bonds. The van der Waals surface area contributed by atoms with Crippen molar-refractivity contribution in [2.24, 2.45) is 5.10 Å². The van der Waals surface area contributed by atoms with Gasteiger partial charge in [0.2, 0.25) is 5.75 Å². The summed E-state index contributed by atoms with van der Waals surface area (Å²) in [5.74, 6) is 0.585. The Morgan fingerprint density at radius 1 is 1.11 bits per heavy atom. The van der Waals surface area contributed by atoms with E-state index in [9.17, 15) is 14.9 Å². The fourth-order valence-corrected chi connectivity index (χ4v) is 4.58. The number of unbranched alkanes of at least 4 members (excludes halogenated alkanes) is 1. The van der Waals surface area contributed by atoms with Crippen molar-refractivity contribution in [3.63, 3.8) is 0 Å². The number of benzene rings is 3. The second-order valence-electron chi connectivity index (χ2n) is 8.53. The Labute approximate surface area is 230 Å². The second kappa shape index (κ2) is 11.8. The number of hydrogen-bond donors (Lipinski definition) is 0. The highest BCUT2D eigenvalue weighted by atomic mass is 79.9. The molecular formula is C27H24Br2N4O4. The summed E-state index contributed by atoms with van der Waals surface area (Å²) in [7, 11) is 0. The van der Waals surface area contributed by atoms with E-state index in [1.165, 1.54) is 17.0 Å². The zero-order chi connectivity index (χ0) is 26.5. The average molecular weight is 628 g/mol. The Hall–Kier alpha value is -3.37. The molecule has 4 aromatic rings. The summed E-state index contributed by atoms with van der Waals surface area (Å²) in [6.07, 6.45) is 3.72. The quantitative estimate of drug-likeness (QED) is 0.114. The average Bonchev–Trinajstić information content (AvgIpc) is 2.87. The number of halogens is 2. The van der Waals surface area contributed by atoms with Crippen LogP contribution in [0.1, 0.15) is 42.3 Å². The van der Waals surface area contributed by atoms with Crippen molar-refractivity contribution in [3.8, 4) is 5.75 Å². The molecule has 0 fully saturated rings. The van der Waals surface area contributed by atoms with Gasteiger partial charge >= 0.3 is 5.69 Å². The molecule has 1 aromatic heterocycles. The van der Waals surface area contributed by atoms with Crippen LogP contribution in [0.4, 0.5) is 5.69 Å². The highest BCUT2D eigenvalue weighted by Gasteiger charge is 2.21. The molecule has 0 radical (unpaired) electrons. The van der Waals surface area contributed by atoms with Crippen LogP contribution in [0.3, 0.4) is 0 Å². The van der Waals surface area contributed by atoms with Crippen molar-refractivity contribution < 1.29 is 9.66 Å². The van der Waals surface area contributed by atoms with Crippen LogP contribution in [-0.4, -0.2) is 20.8 Å². The fourth-order valence-electron chi connectivity index (χ4n) is 3.76. The van der Waals surface area contributed by atoms with Gasteiger partial charge in [-0.25, -0.2) is 4.98 Å². The van der Waals surface area contributed by atoms with Gasteiger partial charge in [0.05, 0.1) is 22.0 Å². The number of hydrogen-bond acceptors (Lipinski definition) is 6. The van der Waals surface area contributed by atoms with Gasteiger partial charge in [0, 0.05) is 27.0 Å². The van der Waals surface area contributed by atoms with Gasteiger partial charge in [-0.05, 0) is 43.2 Å². The maximum atomic E-state index is 13.4. The number of ether oxygens (including phenoxy) is 1. The molecule has 0 unspecified atom stereocenters. The van der Waals surface area contributed by atoms with Gasteiger partial charge in [-0.3, -0.25) is 14.9 Å². The normalized spacial score (nSPS) is 11.4. The zero-order valence-electron chi connectivity index (χ0n) is 20.3. The van der Waals surface area contributed by atoms with Crippen LogP contribution in [0, 0.1) is 17.0 Å². The number of rotatable bonds is 9. The van der Waals surface area contributed by atoms with E-state index in [2.05, 4.69) is 48.9 Å². The molecule has 0 saturated heterocycles. The van der Waals surface area contributed by atoms with Gasteiger partial charge in [0.15, 0.2) is 0 Å². The maximum absolute atomic E-state index is 13.4. The Balaban J connectivity index is 1.80. The van der Waals surface area contributed by atoms with E-state index in [1.807, 2.05) is 37.3 Å². The van der Waals surface area contributed by atoms with Gasteiger partial charge in [0.1, 0.15) is 12.4 Å². The molecule has 0 N–H and O–H groups in total. The maximum Gasteiger partial charge on any atom is 0.312 e. The third-order valence-corrected chi connectivity index (χ3v) is 6.66. The van der Waals surface area contributed by atoms with Crippen LogP contribution in [0.2, 0.25) is 0 Å². The summed E-state index contributed by atoms with van der Waals surface area (Å²) >= 11 is 6.75. The lowest BCUT2D eigenvalue weighted by atomic mass is 10.1. The van der Waals surface area contributed by atoms with Crippen LogP contribution in [-0.2, 0) is 13.0 Å². The van der Waals surface area contributed by atoms with Gasteiger partial charge in [-0.15, -0.1) is 0 Å². The summed E-state index contributed by atoms with van der Waals surface area (Å²) in [6, 6.07) is 16.1. The fraction of sp³-hybridized carbons (Fsp3) is 0.222. The van der Waals surface area contributed by atoms with Crippen molar-refractivity contribution in [1.82, 2.24) is 9.66 Å². The zero-order valence-corrected chi connectivity index (χ0v) is 23.5. The van der Waals surface area contributed by atoms with E-state index in [-0.39, 0.29) is 23.6 Å². The van der Waals surface area contributed by atoms with Crippen LogP contribution in [0.25, 0.3) is 10.9 Å². The molecule has 0 saturated carbocycles. The summed E-state index contributed by atoms with van der Waals surface area (Å²) in [5.41, 5.74) is 2.39. The smallest absolute Gasteiger partial charge is 0.312 e. The highest BCUT2D eigenvalue weighted by Crippen LogP contribution is 2.34. The first-order valence-corrected chi connectivity index (χ1v) is 13.3. The minimum atomic E-state index is -0.499. The predicted octanol–water partition coefficient (Wildman–Crippen LogP) is 6.94. The van der Waals surface area contributed by atoms with Gasteiger partial charge in [-0.1, -0.05) is 75.0 Å². The van der Waals surface area contributed by atoms with E-state index >= 15 is 0 Å². The van der Waals surface area contributed by atoms with Crippen LogP contribution < -0.4 is 10.3 Å². The third-order valence-electron chi connectivity index (χ3n) is 5.70. The first kappa shape index (κ1) is 26.7. The molecule has 0 bridgehead atoms. The van der Waals surface area contributed by atoms with E-state index in [0.29, 0.717) is 33.2 Å². The Kier molecular flexibility index (Phi) is 8.50. The van der Waals surface area contributed by atoms with Crippen LogP contribution in [0.15, 0.2) is 73.4 Å². The highest BCUT2D eigenvalue weighted by molar-refractivity contribution is 9.10. The van der Waals surface area contributed by atoms with Crippen molar-refractivity contribution in [1.29, 1.82) is 0 Å². The van der Waals surface area contributed by atoms with Crippen molar-refractivity contribution in [3.05, 3.63) is 107 Å². The summed E-state index contributed by atoms with van der Waals surface area (Å²) < 4.78 is 8.46. The largest absolute Gasteiger partial charge is 0.481 e. The molecule has 0 spiro atoms. The predicted molar refractivity (Wildman–Crippen MR) is 152 cm³/mol. The van der Waals surface area contributed by atoms with E-state index in [4.69, 9.17) is 4.74 Å². The lowest BCUT2D eigenvalue weighted by molar-refractivity contribution is -0.386. The first-order chi connectivity index (χ1) is 17.8. The molecular weight excluding hydrogens is 604 g/mol. The Bertz CT molecular complexity index is 1550. The standard InChI is InChI=1S/C27H24Br2N4O4/c1-3-4-5-25-31-23-11-10-20(28)13-22(23)27(34)32(25)30-15-19-12-21(29)14-24(33(35)36)26(19)37-16-18-8-6-17(2)7-9-18/h6-15H,3-5,16H2,1-2H3. The molecule has 0 aliphatic rings. The summed E-state index contributed by atoms with van der Waals surface area (Å²) in [4.78, 5) is 29.4. The van der Waals surface area contributed by atoms with E-state index in [1.54, 1.807) is 18.2 Å². The molecule has 190 valence electrons. The van der Waals surface area contributed by atoms with Crippen molar-refractivity contribution >= 4 is 54.7 Å². The molecule has 4 rings (SSSR count). The summed E-state index contributed by atoms with van der Waals surface area (Å²) in [5, 5.41) is 16.7. The van der Waals surface area contributed by atoms with Crippen LogP contribution in [0.5, 0.6) is 5.75 Å². The molecule has 37 heavy (non-hydrogen) atoms. The monoisotopic (exact) mass is 626 g/mol. The lowest BCUT2D eigenvalue weighted by Gasteiger charge is -2.12. The molecule has 0 aliphatic heterocycles. The number of nitro groups is 1. The lowest BCUT2D eigenvalue weighted by Crippen LogP contribution is -2.22. The Morgan fingerprint density at radius 2 is 1.86 bits per heavy atom. The van der Waals surface area contributed by atoms with Gasteiger partial charge in [0.25, 0.3) is 5.56 Å². The minimum Gasteiger partial charge on any atom is -0.481 e. The van der Waals surface area contributed by atoms with Crippen LogP contribution >= 0.6 is 31.9 Å². The van der Waals surface area contributed by atoms with Crippen molar-refractivity contribution in [2.45, 2.75) is 39.7 Å². The minimum absolute atomic E-state index is 0.0668. The summed E-state index contributed by atoms with van der Waals surface area (Å²) in [6.45, 7) is 4.18. The molecule has 8 nitrogen and oxygen atoms in total. The SMILES string of the molecule is CCCCc1nc2ccc(Br)cc2c(=O)n1N=Cc1cc(Br)cc([N+](=O)[O-])c1OCc1ccc(C)cc1. The number of fused-ring (bicyclic) bond motifs is 1. The number of aromatic nitrogens is 2. The van der Waals surface area contributed by atoms with Crippen molar-refractivity contribution in [2.75, 3.05) is 0 Å². The molecule has 10 heteroatoms. The number of nitrogens with zero attached hydrogens (tertiary/aromatic N) is 4. The molecule has 0 aliphatic carbocycles.